The summed E-state index contributed by atoms with van der Waals surface area (Å²) in [5, 5.41) is 7.17. The number of rotatable bonds is 4. The minimum atomic E-state index is -0.280. The summed E-state index contributed by atoms with van der Waals surface area (Å²) >= 11 is 0. The van der Waals surface area contributed by atoms with Gasteiger partial charge in [-0.3, -0.25) is 0 Å². The standard InChI is InChI=1S/C20H29N3O2/c1-13(2)23(19(24)21-20(5,6)7)12-16-11-18(25-22-16)17-10-14(3)8-9-15(17)4/h8-11,13H,12H2,1-7H3,(H,21,24). The molecule has 0 aliphatic rings. The average molecular weight is 343 g/mol. The Hall–Kier alpha value is -2.30. The Morgan fingerprint density at radius 3 is 2.52 bits per heavy atom. The van der Waals surface area contributed by atoms with Gasteiger partial charge in [-0.25, -0.2) is 4.79 Å². The highest BCUT2D eigenvalue weighted by molar-refractivity contribution is 5.75. The van der Waals surface area contributed by atoms with E-state index in [0.717, 1.165) is 22.6 Å². The number of aromatic nitrogens is 1. The second-order valence-electron chi connectivity index (χ2n) is 7.90. The van der Waals surface area contributed by atoms with Crippen molar-refractivity contribution in [3.05, 3.63) is 41.1 Å². The molecule has 2 amide bonds. The van der Waals surface area contributed by atoms with Crippen LogP contribution in [0.1, 0.15) is 51.4 Å². The van der Waals surface area contributed by atoms with Gasteiger partial charge in [-0.2, -0.15) is 0 Å². The number of urea groups is 1. The Morgan fingerprint density at radius 2 is 1.92 bits per heavy atom. The Morgan fingerprint density at radius 1 is 1.24 bits per heavy atom. The lowest BCUT2D eigenvalue weighted by molar-refractivity contribution is 0.169. The number of benzene rings is 1. The number of nitrogens with zero attached hydrogens (tertiary/aromatic N) is 2. The highest BCUT2D eigenvalue weighted by Gasteiger charge is 2.23. The zero-order valence-corrected chi connectivity index (χ0v) is 16.3. The second kappa shape index (κ2) is 7.30. The van der Waals surface area contributed by atoms with Crippen molar-refractivity contribution in [3.63, 3.8) is 0 Å². The van der Waals surface area contributed by atoms with Crippen molar-refractivity contribution >= 4 is 6.03 Å². The smallest absolute Gasteiger partial charge is 0.318 e. The highest BCUT2D eigenvalue weighted by atomic mass is 16.5. The molecule has 5 heteroatoms. The zero-order chi connectivity index (χ0) is 18.8. The largest absolute Gasteiger partial charge is 0.356 e. The molecule has 2 aromatic rings. The summed E-state index contributed by atoms with van der Waals surface area (Å²) in [6.45, 7) is 14.4. The predicted octanol–water partition coefficient (Wildman–Crippen LogP) is 4.68. The molecule has 0 atom stereocenters. The van der Waals surface area contributed by atoms with Crippen LogP contribution in [0.4, 0.5) is 4.79 Å². The summed E-state index contributed by atoms with van der Waals surface area (Å²) in [6, 6.07) is 8.12. The molecule has 0 radical (unpaired) electrons. The lowest BCUT2D eigenvalue weighted by atomic mass is 10.0. The first-order valence-electron chi connectivity index (χ1n) is 8.69. The fourth-order valence-electron chi connectivity index (χ4n) is 2.57. The molecule has 1 N–H and O–H groups in total. The first-order valence-corrected chi connectivity index (χ1v) is 8.69. The van der Waals surface area contributed by atoms with Crippen LogP contribution >= 0.6 is 0 Å². The van der Waals surface area contributed by atoms with Crippen LogP contribution in [0.5, 0.6) is 0 Å². The van der Waals surface area contributed by atoms with Gasteiger partial charge >= 0.3 is 6.03 Å². The minimum absolute atomic E-state index is 0.0585. The minimum Gasteiger partial charge on any atom is -0.356 e. The number of carbonyl (C=O) groups is 1. The number of amides is 2. The van der Waals surface area contributed by atoms with Crippen LogP contribution in [0.15, 0.2) is 28.8 Å². The Balaban J connectivity index is 2.20. The third-order valence-corrected chi connectivity index (χ3v) is 3.92. The summed E-state index contributed by atoms with van der Waals surface area (Å²) in [7, 11) is 0. The maximum Gasteiger partial charge on any atom is 0.318 e. The summed E-state index contributed by atoms with van der Waals surface area (Å²) in [5.41, 5.74) is 3.81. The molecule has 136 valence electrons. The van der Waals surface area contributed by atoms with Gasteiger partial charge in [0, 0.05) is 23.2 Å². The van der Waals surface area contributed by atoms with Gasteiger partial charge in [-0.05, 0) is 60.1 Å². The number of aryl methyl sites for hydroxylation is 2. The molecule has 0 fully saturated rings. The van der Waals surface area contributed by atoms with Crippen LogP contribution in [-0.2, 0) is 6.54 Å². The van der Waals surface area contributed by atoms with Crippen molar-refractivity contribution in [1.29, 1.82) is 0 Å². The van der Waals surface area contributed by atoms with E-state index in [4.69, 9.17) is 4.52 Å². The van der Waals surface area contributed by atoms with Crippen LogP contribution in [0.3, 0.4) is 0 Å². The van der Waals surface area contributed by atoms with E-state index in [1.807, 2.05) is 47.6 Å². The maximum absolute atomic E-state index is 12.5. The van der Waals surface area contributed by atoms with Gasteiger partial charge in [0.05, 0.1) is 6.54 Å². The molecule has 25 heavy (non-hydrogen) atoms. The summed E-state index contributed by atoms with van der Waals surface area (Å²) in [5.74, 6) is 0.733. The van der Waals surface area contributed by atoms with Crippen molar-refractivity contribution in [2.75, 3.05) is 0 Å². The molecule has 0 spiro atoms. The van der Waals surface area contributed by atoms with Gasteiger partial charge in [0.25, 0.3) is 0 Å². The molecule has 0 saturated carbocycles. The van der Waals surface area contributed by atoms with Crippen molar-refractivity contribution in [2.45, 2.75) is 66.6 Å². The van der Waals surface area contributed by atoms with E-state index in [2.05, 4.69) is 35.6 Å². The molecular weight excluding hydrogens is 314 g/mol. The number of nitrogens with one attached hydrogen (secondary N) is 1. The molecule has 5 nitrogen and oxygen atoms in total. The van der Waals surface area contributed by atoms with Crippen molar-refractivity contribution in [3.8, 4) is 11.3 Å². The number of hydrogen-bond acceptors (Lipinski definition) is 3. The maximum atomic E-state index is 12.5. The molecule has 0 aliphatic heterocycles. The quantitative estimate of drug-likeness (QED) is 0.877. The van der Waals surface area contributed by atoms with E-state index in [-0.39, 0.29) is 17.6 Å². The lowest BCUT2D eigenvalue weighted by Crippen LogP contribution is -2.50. The Bertz CT molecular complexity index is 742. The van der Waals surface area contributed by atoms with E-state index >= 15 is 0 Å². The predicted molar refractivity (Wildman–Crippen MR) is 100 cm³/mol. The fraction of sp³-hybridized carbons (Fsp3) is 0.500. The molecule has 1 aromatic heterocycles. The molecule has 1 heterocycles. The van der Waals surface area contributed by atoms with Crippen LogP contribution < -0.4 is 5.32 Å². The topological polar surface area (TPSA) is 58.4 Å². The molecule has 0 saturated heterocycles. The first-order chi connectivity index (χ1) is 11.6. The Labute approximate surface area is 150 Å². The second-order valence-corrected chi connectivity index (χ2v) is 7.90. The molecular formula is C20H29N3O2. The Kier molecular flexibility index (Phi) is 5.55. The third-order valence-electron chi connectivity index (χ3n) is 3.92. The zero-order valence-electron chi connectivity index (χ0n) is 16.3. The summed E-state index contributed by atoms with van der Waals surface area (Å²) in [4.78, 5) is 14.3. The monoisotopic (exact) mass is 343 g/mol. The molecule has 0 unspecified atom stereocenters. The van der Waals surface area contributed by atoms with Gasteiger partial charge in [0.1, 0.15) is 5.69 Å². The number of hydrogen-bond donors (Lipinski definition) is 1. The van der Waals surface area contributed by atoms with Gasteiger partial charge in [0.2, 0.25) is 0 Å². The SMILES string of the molecule is Cc1ccc(C)c(-c2cc(CN(C(=O)NC(C)(C)C)C(C)C)no2)c1. The van der Waals surface area contributed by atoms with E-state index in [1.165, 1.54) is 5.56 Å². The van der Waals surface area contributed by atoms with Crippen molar-refractivity contribution < 1.29 is 9.32 Å². The van der Waals surface area contributed by atoms with Crippen LogP contribution in [0, 0.1) is 13.8 Å². The van der Waals surface area contributed by atoms with E-state index in [1.54, 1.807) is 4.90 Å². The van der Waals surface area contributed by atoms with Crippen molar-refractivity contribution in [1.82, 2.24) is 15.4 Å². The fourth-order valence-corrected chi connectivity index (χ4v) is 2.57. The first kappa shape index (κ1) is 19.0. The molecule has 0 aliphatic carbocycles. The summed E-state index contributed by atoms with van der Waals surface area (Å²) < 4.78 is 5.54. The third kappa shape index (κ3) is 5.08. The van der Waals surface area contributed by atoms with Crippen LogP contribution in [0.2, 0.25) is 0 Å². The van der Waals surface area contributed by atoms with Gasteiger partial charge in [-0.1, -0.05) is 22.9 Å². The van der Waals surface area contributed by atoms with Gasteiger partial charge < -0.3 is 14.7 Å². The van der Waals surface area contributed by atoms with E-state index in [9.17, 15) is 4.79 Å². The normalized spacial score (nSPS) is 11.7. The van der Waals surface area contributed by atoms with Crippen molar-refractivity contribution in [2.24, 2.45) is 0 Å². The van der Waals surface area contributed by atoms with Gasteiger partial charge in [-0.15, -0.1) is 0 Å². The molecule has 0 bridgehead atoms. The van der Waals surface area contributed by atoms with Crippen LogP contribution in [-0.4, -0.2) is 27.7 Å². The molecule has 1 aromatic carbocycles. The number of carbonyl (C=O) groups excluding carboxylic acids is 1. The lowest BCUT2D eigenvalue weighted by Gasteiger charge is -2.30. The van der Waals surface area contributed by atoms with E-state index in [0.29, 0.717) is 6.54 Å². The van der Waals surface area contributed by atoms with E-state index < -0.39 is 0 Å². The van der Waals surface area contributed by atoms with Crippen LogP contribution in [0.25, 0.3) is 11.3 Å². The summed E-state index contributed by atoms with van der Waals surface area (Å²) in [6.07, 6.45) is 0. The molecule has 2 rings (SSSR count). The average Bonchev–Trinajstić information content (AvgIpc) is 2.93. The van der Waals surface area contributed by atoms with Gasteiger partial charge in [0.15, 0.2) is 5.76 Å². The highest BCUT2D eigenvalue weighted by Crippen LogP contribution is 2.26.